The number of benzene rings is 1. The van der Waals surface area contributed by atoms with Crippen LogP contribution in [0.1, 0.15) is 24.7 Å². The zero-order valence-corrected chi connectivity index (χ0v) is 14.9. The van der Waals surface area contributed by atoms with E-state index in [0.29, 0.717) is 18.9 Å². The minimum absolute atomic E-state index is 0. The molecule has 6 nitrogen and oxygen atoms in total. The highest BCUT2D eigenvalue weighted by atomic mass is 35.5. The molecule has 1 aliphatic heterocycles. The third-order valence-electron chi connectivity index (χ3n) is 4.62. The fourth-order valence-electron chi connectivity index (χ4n) is 3.24. The number of aromatic nitrogens is 3. The van der Waals surface area contributed by atoms with E-state index in [2.05, 4.69) is 17.2 Å². The van der Waals surface area contributed by atoms with Crippen LogP contribution in [0.25, 0.3) is 5.69 Å². The fraction of sp³-hybridized carbons (Fsp3) is 0.471. The van der Waals surface area contributed by atoms with Crippen LogP contribution in [0.3, 0.4) is 0 Å². The Morgan fingerprint density at radius 2 is 2.04 bits per heavy atom. The standard InChI is InChI=1S/C17H23N5O.ClH/c1-12-8-14(10-18)11-21(12)17(23)9-16-13(2)22(20-19-16)15-6-4-3-5-7-15;/h3-7,12,14H,8-11,18H2,1-2H3;1H. The van der Waals surface area contributed by atoms with Crippen LogP contribution < -0.4 is 5.73 Å². The summed E-state index contributed by atoms with van der Waals surface area (Å²) in [5.41, 5.74) is 8.34. The van der Waals surface area contributed by atoms with Gasteiger partial charge in [-0.15, -0.1) is 17.5 Å². The highest BCUT2D eigenvalue weighted by Crippen LogP contribution is 2.23. The van der Waals surface area contributed by atoms with Gasteiger partial charge in [-0.25, -0.2) is 4.68 Å². The van der Waals surface area contributed by atoms with Gasteiger partial charge >= 0.3 is 0 Å². The van der Waals surface area contributed by atoms with Gasteiger partial charge in [0.2, 0.25) is 5.91 Å². The predicted molar refractivity (Wildman–Crippen MR) is 95.4 cm³/mol. The second kappa shape index (κ2) is 7.77. The molecule has 0 spiro atoms. The molecule has 0 saturated carbocycles. The largest absolute Gasteiger partial charge is 0.339 e. The summed E-state index contributed by atoms with van der Waals surface area (Å²) in [7, 11) is 0. The first-order valence-electron chi connectivity index (χ1n) is 8.06. The van der Waals surface area contributed by atoms with Crippen molar-refractivity contribution >= 4 is 18.3 Å². The van der Waals surface area contributed by atoms with E-state index in [-0.39, 0.29) is 24.4 Å². The molecule has 7 heteroatoms. The highest BCUT2D eigenvalue weighted by Gasteiger charge is 2.32. The Labute approximate surface area is 148 Å². The molecule has 2 atom stereocenters. The smallest absolute Gasteiger partial charge is 0.228 e. The molecule has 2 aromatic rings. The average molecular weight is 350 g/mol. The molecule has 0 radical (unpaired) electrons. The van der Waals surface area contributed by atoms with Crippen molar-refractivity contribution in [3.63, 3.8) is 0 Å². The van der Waals surface area contributed by atoms with Crippen molar-refractivity contribution in [1.29, 1.82) is 0 Å². The number of nitrogens with two attached hydrogens (primary N) is 1. The minimum Gasteiger partial charge on any atom is -0.339 e. The zero-order valence-electron chi connectivity index (χ0n) is 14.1. The van der Waals surface area contributed by atoms with Gasteiger partial charge in [0.1, 0.15) is 0 Å². The Balaban J connectivity index is 0.00000208. The summed E-state index contributed by atoms with van der Waals surface area (Å²) in [6.45, 7) is 5.42. The molecule has 1 fully saturated rings. The molecule has 0 bridgehead atoms. The van der Waals surface area contributed by atoms with E-state index in [1.165, 1.54) is 0 Å². The third-order valence-corrected chi connectivity index (χ3v) is 4.62. The summed E-state index contributed by atoms with van der Waals surface area (Å²) in [4.78, 5) is 14.5. The van der Waals surface area contributed by atoms with Crippen LogP contribution in [-0.2, 0) is 11.2 Å². The number of hydrogen-bond donors (Lipinski definition) is 1. The number of carbonyl (C=O) groups excluding carboxylic acids is 1. The van der Waals surface area contributed by atoms with E-state index in [1.54, 1.807) is 4.68 Å². The van der Waals surface area contributed by atoms with Crippen LogP contribution >= 0.6 is 12.4 Å². The van der Waals surface area contributed by atoms with Crippen molar-refractivity contribution in [2.45, 2.75) is 32.7 Å². The zero-order chi connectivity index (χ0) is 16.4. The minimum atomic E-state index is 0. The summed E-state index contributed by atoms with van der Waals surface area (Å²) in [5, 5.41) is 8.40. The van der Waals surface area contributed by atoms with Gasteiger partial charge in [-0.3, -0.25) is 4.79 Å². The molecule has 2 N–H and O–H groups in total. The number of likely N-dealkylation sites (tertiary alicyclic amines) is 1. The highest BCUT2D eigenvalue weighted by molar-refractivity contribution is 5.85. The van der Waals surface area contributed by atoms with Crippen molar-refractivity contribution < 1.29 is 4.79 Å². The average Bonchev–Trinajstić information content (AvgIpc) is 3.12. The van der Waals surface area contributed by atoms with Gasteiger partial charge in [0, 0.05) is 12.6 Å². The summed E-state index contributed by atoms with van der Waals surface area (Å²) < 4.78 is 1.78. The number of para-hydroxylation sites is 1. The first-order chi connectivity index (χ1) is 11.1. The summed E-state index contributed by atoms with van der Waals surface area (Å²) in [6, 6.07) is 10.1. The molecule has 1 aliphatic rings. The maximum atomic E-state index is 12.6. The maximum absolute atomic E-state index is 12.6. The van der Waals surface area contributed by atoms with Gasteiger partial charge in [0.25, 0.3) is 0 Å². The van der Waals surface area contributed by atoms with E-state index in [9.17, 15) is 4.79 Å². The monoisotopic (exact) mass is 349 g/mol. The van der Waals surface area contributed by atoms with E-state index in [4.69, 9.17) is 5.73 Å². The van der Waals surface area contributed by atoms with Gasteiger partial charge in [0.15, 0.2) is 0 Å². The Morgan fingerprint density at radius 3 is 2.67 bits per heavy atom. The van der Waals surface area contributed by atoms with Crippen LogP contribution in [0.4, 0.5) is 0 Å². The van der Waals surface area contributed by atoms with Gasteiger partial charge in [0.05, 0.1) is 23.5 Å². The molecule has 1 aromatic carbocycles. The lowest BCUT2D eigenvalue weighted by Gasteiger charge is -2.21. The summed E-state index contributed by atoms with van der Waals surface area (Å²) in [6.07, 6.45) is 1.28. The molecule has 2 unspecified atom stereocenters. The van der Waals surface area contributed by atoms with Gasteiger partial charge < -0.3 is 10.6 Å². The van der Waals surface area contributed by atoms with Crippen molar-refractivity contribution in [1.82, 2.24) is 19.9 Å². The normalized spacial score (nSPS) is 20.0. The number of rotatable bonds is 4. The fourth-order valence-corrected chi connectivity index (χ4v) is 3.24. The van der Waals surface area contributed by atoms with Crippen LogP contribution in [0.5, 0.6) is 0 Å². The molecule has 2 heterocycles. The van der Waals surface area contributed by atoms with Crippen LogP contribution in [-0.4, -0.2) is 44.9 Å². The Kier molecular flexibility index (Phi) is 5.96. The van der Waals surface area contributed by atoms with Crippen LogP contribution in [0.2, 0.25) is 0 Å². The molecular weight excluding hydrogens is 326 g/mol. The predicted octanol–water partition coefficient (Wildman–Crippen LogP) is 1.74. The number of carbonyl (C=O) groups is 1. The maximum Gasteiger partial charge on any atom is 0.228 e. The lowest BCUT2D eigenvalue weighted by Crippen LogP contribution is -2.35. The first kappa shape index (κ1) is 18.4. The van der Waals surface area contributed by atoms with Gasteiger partial charge in [-0.05, 0) is 44.9 Å². The molecule has 1 aromatic heterocycles. The third kappa shape index (κ3) is 3.60. The SMILES string of the molecule is Cc1c(CC(=O)N2CC(CN)CC2C)nnn1-c1ccccc1.Cl. The summed E-state index contributed by atoms with van der Waals surface area (Å²) >= 11 is 0. The topological polar surface area (TPSA) is 77.0 Å². The lowest BCUT2D eigenvalue weighted by atomic mass is 10.1. The molecule has 3 rings (SSSR count). The van der Waals surface area contributed by atoms with Crippen molar-refractivity contribution in [2.24, 2.45) is 11.7 Å². The lowest BCUT2D eigenvalue weighted by molar-refractivity contribution is -0.131. The number of amides is 1. The first-order valence-corrected chi connectivity index (χ1v) is 8.06. The van der Waals surface area contributed by atoms with Crippen molar-refractivity contribution in [3.8, 4) is 5.69 Å². The molecule has 0 aliphatic carbocycles. The van der Waals surface area contributed by atoms with E-state index in [1.807, 2.05) is 42.2 Å². The molecular formula is C17H24ClN5O. The van der Waals surface area contributed by atoms with Gasteiger partial charge in [-0.2, -0.15) is 0 Å². The van der Waals surface area contributed by atoms with Crippen molar-refractivity contribution in [2.75, 3.05) is 13.1 Å². The van der Waals surface area contributed by atoms with Crippen molar-refractivity contribution in [3.05, 3.63) is 41.7 Å². The second-order valence-corrected chi connectivity index (χ2v) is 6.28. The van der Waals surface area contributed by atoms with Gasteiger partial charge in [-0.1, -0.05) is 23.4 Å². The number of nitrogens with zero attached hydrogens (tertiary/aromatic N) is 4. The quantitative estimate of drug-likeness (QED) is 0.912. The molecule has 1 saturated heterocycles. The van der Waals surface area contributed by atoms with Crippen LogP contribution in [0, 0.1) is 12.8 Å². The molecule has 130 valence electrons. The molecule has 24 heavy (non-hydrogen) atoms. The second-order valence-electron chi connectivity index (χ2n) is 6.28. The number of halogens is 1. The van der Waals surface area contributed by atoms with E-state index < -0.39 is 0 Å². The Hall–Kier alpha value is -1.92. The summed E-state index contributed by atoms with van der Waals surface area (Å²) in [5.74, 6) is 0.520. The Morgan fingerprint density at radius 1 is 1.33 bits per heavy atom. The van der Waals surface area contributed by atoms with E-state index >= 15 is 0 Å². The van der Waals surface area contributed by atoms with E-state index in [0.717, 1.165) is 30.0 Å². The Bertz CT molecular complexity index is 688. The number of hydrogen-bond acceptors (Lipinski definition) is 4. The van der Waals surface area contributed by atoms with Crippen LogP contribution in [0.15, 0.2) is 30.3 Å². The molecule has 1 amide bonds.